The van der Waals surface area contributed by atoms with Gasteiger partial charge in [0, 0.05) is 40.9 Å². The van der Waals surface area contributed by atoms with Gasteiger partial charge in [0.25, 0.3) is 0 Å². The van der Waals surface area contributed by atoms with E-state index in [9.17, 15) is 4.79 Å². The molecule has 6 heterocycles. The molecule has 3 N–H and O–H groups in total. The SMILES string of the molecule is CCC(=O)Nc1cncc(-c2cc3c(-c4nc5c(-c6ccoc6)cncc5[nH]4)n[nH]c3cn2)c1. The predicted octanol–water partition coefficient (Wildman–Crippen LogP) is 4.57. The van der Waals surface area contributed by atoms with Gasteiger partial charge in [-0.15, -0.1) is 0 Å². The van der Waals surface area contributed by atoms with Crippen LogP contribution in [-0.2, 0) is 4.79 Å². The van der Waals surface area contributed by atoms with Gasteiger partial charge in [-0.1, -0.05) is 6.92 Å². The van der Waals surface area contributed by atoms with Gasteiger partial charge in [-0.3, -0.25) is 24.8 Å². The zero-order valence-electron chi connectivity index (χ0n) is 18.0. The number of H-pyrrole nitrogens is 2. The lowest BCUT2D eigenvalue weighted by atomic mass is 10.1. The van der Waals surface area contributed by atoms with Crippen LogP contribution in [0.2, 0.25) is 0 Å². The molecule has 0 aliphatic rings. The average Bonchev–Trinajstić information content (AvgIpc) is 3.62. The lowest BCUT2D eigenvalue weighted by Gasteiger charge is -2.06. The van der Waals surface area contributed by atoms with Crippen LogP contribution in [0.3, 0.4) is 0 Å². The first kappa shape index (κ1) is 19.8. The summed E-state index contributed by atoms with van der Waals surface area (Å²) in [5.41, 5.74) is 6.88. The maximum absolute atomic E-state index is 11.8. The number of fused-ring (bicyclic) bond motifs is 2. The number of hydrogen-bond donors (Lipinski definition) is 3. The van der Waals surface area contributed by atoms with E-state index in [4.69, 9.17) is 9.40 Å². The Morgan fingerprint density at radius 3 is 2.82 bits per heavy atom. The van der Waals surface area contributed by atoms with Gasteiger partial charge in [0.1, 0.15) is 11.2 Å². The number of pyridine rings is 3. The summed E-state index contributed by atoms with van der Waals surface area (Å²) in [6.45, 7) is 1.80. The minimum Gasteiger partial charge on any atom is -0.472 e. The fourth-order valence-electron chi connectivity index (χ4n) is 3.83. The predicted molar refractivity (Wildman–Crippen MR) is 127 cm³/mol. The van der Waals surface area contributed by atoms with Crippen molar-refractivity contribution < 1.29 is 9.21 Å². The second-order valence-electron chi connectivity index (χ2n) is 7.73. The Morgan fingerprint density at radius 1 is 1.06 bits per heavy atom. The van der Waals surface area contributed by atoms with E-state index in [1.54, 1.807) is 50.4 Å². The monoisotopic (exact) mass is 450 g/mol. The van der Waals surface area contributed by atoms with Gasteiger partial charge >= 0.3 is 0 Å². The molecule has 10 nitrogen and oxygen atoms in total. The summed E-state index contributed by atoms with van der Waals surface area (Å²) in [5.74, 6) is 0.534. The van der Waals surface area contributed by atoms with Crippen LogP contribution in [0.15, 0.2) is 66.1 Å². The molecule has 34 heavy (non-hydrogen) atoms. The highest BCUT2D eigenvalue weighted by atomic mass is 16.3. The van der Waals surface area contributed by atoms with E-state index < -0.39 is 0 Å². The first-order chi connectivity index (χ1) is 16.7. The van der Waals surface area contributed by atoms with Crippen LogP contribution in [0.5, 0.6) is 0 Å². The Balaban J connectivity index is 1.43. The molecule has 0 aromatic carbocycles. The number of imidazole rings is 1. The average molecular weight is 450 g/mol. The molecule has 0 spiro atoms. The molecule has 0 bridgehead atoms. The number of nitrogens with zero attached hydrogens (tertiary/aromatic N) is 5. The normalized spacial score (nSPS) is 11.3. The van der Waals surface area contributed by atoms with Crippen molar-refractivity contribution in [2.45, 2.75) is 13.3 Å². The molecule has 166 valence electrons. The topological polar surface area (TPSA) is 138 Å². The quantitative estimate of drug-likeness (QED) is 0.350. The molecular weight excluding hydrogens is 432 g/mol. The Hall–Kier alpha value is -4.86. The van der Waals surface area contributed by atoms with E-state index in [1.807, 2.05) is 18.2 Å². The molecule has 6 aromatic rings. The minimum atomic E-state index is -0.0753. The van der Waals surface area contributed by atoms with Gasteiger partial charge in [-0.25, -0.2) is 4.98 Å². The highest BCUT2D eigenvalue weighted by Gasteiger charge is 2.17. The first-order valence-electron chi connectivity index (χ1n) is 10.7. The first-order valence-corrected chi connectivity index (χ1v) is 10.7. The molecule has 0 fully saturated rings. The van der Waals surface area contributed by atoms with E-state index >= 15 is 0 Å². The molecule has 0 aliphatic carbocycles. The van der Waals surface area contributed by atoms with E-state index in [-0.39, 0.29) is 5.91 Å². The number of rotatable bonds is 5. The Morgan fingerprint density at radius 2 is 1.97 bits per heavy atom. The zero-order chi connectivity index (χ0) is 23.1. The highest BCUT2D eigenvalue weighted by molar-refractivity contribution is 5.97. The van der Waals surface area contributed by atoms with Crippen molar-refractivity contribution in [1.82, 2.24) is 35.1 Å². The number of anilines is 1. The summed E-state index contributed by atoms with van der Waals surface area (Å²) >= 11 is 0. The van der Waals surface area contributed by atoms with Gasteiger partial charge in [0.15, 0.2) is 5.82 Å². The summed E-state index contributed by atoms with van der Waals surface area (Å²) in [5, 5.41) is 11.2. The number of nitrogens with one attached hydrogen (secondary N) is 3. The van der Waals surface area contributed by atoms with Crippen LogP contribution in [-0.4, -0.2) is 41.0 Å². The second-order valence-corrected chi connectivity index (χ2v) is 7.73. The van der Waals surface area contributed by atoms with Gasteiger partial charge < -0.3 is 14.7 Å². The number of amides is 1. The number of furan rings is 1. The van der Waals surface area contributed by atoms with Gasteiger partial charge in [0.05, 0.1) is 53.5 Å². The fourth-order valence-corrected chi connectivity index (χ4v) is 3.83. The van der Waals surface area contributed by atoms with Gasteiger partial charge in [-0.2, -0.15) is 5.10 Å². The molecule has 1 amide bonds. The molecule has 0 aliphatic heterocycles. The van der Waals surface area contributed by atoms with Crippen molar-refractivity contribution in [1.29, 1.82) is 0 Å². The van der Waals surface area contributed by atoms with Crippen molar-refractivity contribution in [3.63, 3.8) is 0 Å². The maximum Gasteiger partial charge on any atom is 0.224 e. The van der Waals surface area contributed by atoms with Gasteiger partial charge in [0.2, 0.25) is 5.91 Å². The molecule has 0 unspecified atom stereocenters. The largest absolute Gasteiger partial charge is 0.472 e. The molecule has 6 aromatic heterocycles. The van der Waals surface area contributed by atoms with E-state index in [0.717, 1.165) is 38.6 Å². The molecule has 0 saturated carbocycles. The zero-order valence-corrected chi connectivity index (χ0v) is 18.0. The summed E-state index contributed by atoms with van der Waals surface area (Å²) in [4.78, 5) is 33.0. The molecular formula is C24H18N8O2. The molecule has 10 heteroatoms. The fraction of sp³-hybridized carbons (Fsp3) is 0.0833. The number of carbonyl (C=O) groups is 1. The van der Waals surface area contributed by atoms with Crippen molar-refractivity contribution in [2.24, 2.45) is 0 Å². The van der Waals surface area contributed by atoms with Crippen molar-refractivity contribution in [3.8, 4) is 33.9 Å². The smallest absolute Gasteiger partial charge is 0.224 e. The lowest BCUT2D eigenvalue weighted by Crippen LogP contribution is -2.09. The van der Waals surface area contributed by atoms with Crippen LogP contribution >= 0.6 is 0 Å². The molecule has 6 rings (SSSR count). The van der Waals surface area contributed by atoms with E-state index in [0.29, 0.717) is 29.3 Å². The molecule has 0 saturated heterocycles. The van der Waals surface area contributed by atoms with Gasteiger partial charge in [-0.05, 0) is 18.2 Å². The highest BCUT2D eigenvalue weighted by Crippen LogP contribution is 2.32. The number of aromatic amines is 2. The number of hydrogen-bond acceptors (Lipinski definition) is 7. The van der Waals surface area contributed by atoms with Crippen molar-refractivity contribution in [2.75, 3.05) is 5.32 Å². The van der Waals surface area contributed by atoms with Crippen LogP contribution in [0.25, 0.3) is 55.8 Å². The summed E-state index contributed by atoms with van der Waals surface area (Å²) in [6.07, 6.45) is 12.2. The summed E-state index contributed by atoms with van der Waals surface area (Å²) < 4.78 is 5.23. The Bertz CT molecular complexity index is 1650. The third-order valence-electron chi connectivity index (χ3n) is 5.54. The third-order valence-corrected chi connectivity index (χ3v) is 5.54. The van der Waals surface area contributed by atoms with Crippen LogP contribution in [0.1, 0.15) is 13.3 Å². The maximum atomic E-state index is 11.8. The van der Waals surface area contributed by atoms with Crippen LogP contribution in [0, 0.1) is 0 Å². The van der Waals surface area contributed by atoms with Crippen molar-refractivity contribution >= 4 is 33.5 Å². The standard InChI is InChI=1S/C24H18N8O2/c1-2-21(33)28-15-5-14(7-25-8-15)18-6-16-19(11-27-18)31-32-23(16)24-29-20-10-26-9-17(22(20)30-24)13-3-4-34-12-13/h3-12H,2H2,1H3,(H,28,33)(H,29,30)(H,31,32). The summed E-state index contributed by atoms with van der Waals surface area (Å²) in [7, 11) is 0. The third kappa shape index (κ3) is 3.37. The van der Waals surface area contributed by atoms with Crippen LogP contribution in [0.4, 0.5) is 5.69 Å². The number of carbonyl (C=O) groups excluding carboxylic acids is 1. The molecule has 0 atom stereocenters. The van der Waals surface area contributed by atoms with E-state index in [1.165, 1.54) is 0 Å². The van der Waals surface area contributed by atoms with Crippen molar-refractivity contribution in [3.05, 3.63) is 61.7 Å². The molecule has 0 radical (unpaired) electrons. The Labute approximate surface area is 192 Å². The minimum absolute atomic E-state index is 0.0753. The second kappa shape index (κ2) is 7.93. The number of aromatic nitrogens is 7. The summed E-state index contributed by atoms with van der Waals surface area (Å²) in [6, 6.07) is 5.65. The Kier molecular flexibility index (Phi) is 4.61. The van der Waals surface area contributed by atoms with E-state index in [2.05, 4.69) is 35.5 Å². The lowest BCUT2D eigenvalue weighted by molar-refractivity contribution is -0.115. The van der Waals surface area contributed by atoms with Crippen LogP contribution < -0.4 is 5.32 Å².